The van der Waals surface area contributed by atoms with Crippen molar-refractivity contribution in [2.75, 3.05) is 7.11 Å². The third kappa shape index (κ3) is 2.20. The van der Waals surface area contributed by atoms with Crippen LogP contribution in [-0.2, 0) is 4.89 Å². The molecule has 0 fully saturated rings. The van der Waals surface area contributed by atoms with Gasteiger partial charge >= 0.3 is 0 Å². The third-order valence-corrected chi connectivity index (χ3v) is 1.24. The first-order valence-electron chi connectivity index (χ1n) is 3.38. The van der Waals surface area contributed by atoms with Crippen LogP contribution in [0.25, 0.3) is 0 Å². The first-order chi connectivity index (χ1) is 5.22. The van der Waals surface area contributed by atoms with E-state index in [4.69, 9.17) is 4.89 Å². The van der Waals surface area contributed by atoms with Crippen molar-refractivity contribution in [2.45, 2.75) is 13.8 Å². The summed E-state index contributed by atoms with van der Waals surface area (Å²) < 4.78 is 0. The van der Waals surface area contributed by atoms with Crippen LogP contribution in [0.2, 0.25) is 0 Å². The molecule has 0 aliphatic heterocycles. The SMILES string of the molecule is COOc1cc(C)cc(C)n1. The maximum Gasteiger partial charge on any atom is 0.256 e. The fraction of sp³-hybridized carbons (Fsp3) is 0.375. The van der Waals surface area contributed by atoms with Crippen molar-refractivity contribution in [1.82, 2.24) is 4.98 Å². The van der Waals surface area contributed by atoms with Gasteiger partial charge in [-0.25, -0.2) is 4.98 Å². The maximum atomic E-state index is 4.76. The van der Waals surface area contributed by atoms with E-state index < -0.39 is 0 Å². The summed E-state index contributed by atoms with van der Waals surface area (Å²) in [5.41, 5.74) is 2.04. The van der Waals surface area contributed by atoms with Crippen LogP contribution in [0.3, 0.4) is 0 Å². The first kappa shape index (κ1) is 8.01. The number of pyridine rings is 1. The van der Waals surface area contributed by atoms with Gasteiger partial charge < -0.3 is 4.89 Å². The van der Waals surface area contributed by atoms with Crippen molar-refractivity contribution >= 4 is 0 Å². The van der Waals surface area contributed by atoms with Crippen molar-refractivity contribution in [2.24, 2.45) is 0 Å². The van der Waals surface area contributed by atoms with E-state index in [0.29, 0.717) is 5.88 Å². The van der Waals surface area contributed by atoms with Crippen LogP contribution in [-0.4, -0.2) is 12.1 Å². The molecule has 0 aliphatic carbocycles. The van der Waals surface area contributed by atoms with Crippen molar-refractivity contribution in [3.8, 4) is 5.88 Å². The van der Waals surface area contributed by atoms with Crippen molar-refractivity contribution in [3.63, 3.8) is 0 Å². The zero-order valence-corrected chi connectivity index (χ0v) is 6.92. The minimum atomic E-state index is 0.505. The molecule has 1 rings (SSSR count). The van der Waals surface area contributed by atoms with E-state index in [9.17, 15) is 0 Å². The Hall–Kier alpha value is -1.09. The summed E-state index contributed by atoms with van der Waals surface area (Å²) in [6.45, 7) is 3.90. The summed E-state index contributed by atoms with van der Waals surface area (Å²) in [6, 6.07) is 3.79. The fourth-order valence-electron chi connectivity index (χ4n) is 0.932. The Morgan fingerprint density at radius 1 is 1.27 bits per heavy atom. The number of aromatic nitrogens is 1. The van der Waals surface area contributed by atoms with E-state index in [1.165, 1.54) is 7.11 Å². The average molecular weight is 153 g/mol. The molecular formula is C8H11NO2. The van der Waals surface area contributed by atoms with Crippen LogP contribution >= 0.6 is 0 Å². The second kappa shape index (κ2) is 3.34. The molecule has 11 heavy (non-hydrogen) atoms. The standard InChI is InChI=1S/C8H11NO2/c1-6-4-7(2)9-8(5-6)11-10-3/h4-5H,1-3H3. The van der Waals surface area contributed by atoms with Gasteiger partial charge in [0.1, 0.15) is 0 Å². The highest BCUT2D eigenvalue weighted by molar-refractivity contribution is 5.22. The lowest BCUT2D eigenvalue weighted by atomic mass is 10.2. The largest absolute Gasteiger partial charge is 0.317 e. The molecule has 0 radical (unpaired) electrons. The van der Waals surface area contributed by atoms with Gasteiger partial charge in [0.05, 0.1) is 7.11 Å². The monoisotopic (exact) mass is 153 g/mol. The van der Waals surface area contributed by atoms with Gasteiger partial charge in [-0.2, -0.15) is 4.89 Å². The van der Waals surface area contributed by atoms with Crippen LogP contribution in [0.1, 0.15) is 11.3 Å². The lowest BCUT2D eigenvalue weighted by Crippen LogP contribution is -1.95. The molecule has 0 unspecified atom stereocenters. The Morgan fingerprint density at radius 3 is 2.55 bits per heavy atom. The number of nitrogens with zero attached hydrogens (tertiary/aromatic N) is 1. The lowest BCUT2D eigenvalue weighted by molar-refractivity contribution is -0.181. The van der Waals surface area contributed by atoms with Crippen LogP contribution in [0.5, 0.6) is 5.88 Å². The number of hydrogen-bond acceptors (Lipinski definition) is 3. The zero-order chi connectivity index (χ0) is 8.27. The van der Waals surface area contributed by atoms with E-state index in [1.54, 1.807) is 0 Å². The molecule has 0 spiro atoms. The highest BCUT2D eigenvalue weighted by Gasteiger charge is 1.97. The summed E-state index contributed by atoms with van der Waals surface area (Å²) in [6.07, 6.45) is 0. The predicted molar refractivity (Wildman–Crippen MR) is 41.3 cm³/mol. The molecule has 3 heteroatoms. The van der Waals surface area contributed by atoms with Crippen LogP contribution < -0.4 is 4.89 Å². The van der Waals surface area contributed by atoms with Crippen LogP contribution in [0, 0.1) is 13.8 Å². The molecule has 0 saturated carbocycles. The maximum absolute atomic E-state index is 4.76. The Labute approximate surface area is 65.9 Å². The topological polar surface area (TPSA) is 31.4 Å². The normalized spacial score (nSPS) is 9.73. The number of aryl methyl sites for hydroxylation is 2. The Morgan fingerprint density at radius 2 is 2.00 bits per heavy atom. The van der Waals surface area contributed by atoms with Gasteiger partial charge in [0, 0.05) is 11.8 Å². The minimum Gasteiger partial charge on any atom is -0.317 e. The van der Waals surface area contributed by atoms with Gasteiger partial charge in [0.2, 0.25) is 0 Å². The van der Waals surface area contributed by atoms with Crippen molar-refractivity contribution < 1.29 is 9.78 Å². The van der Waals surface area contributed by atoms with Crippen molar-refractivity contribution in [3.05, 3.63) is 23.4 Å². The average Bonchev–Trinajstić information content (AvgIpc) is 1.85. The Balaban J connectivity index is 2.89. The first-order valence-corrected chi connectivity index (χ1v) is 3.38. The van der Waals surface area contributed by atoms with Crippen molar-refractivity contribution in [1.29, 1.82) is 0 Å². The molecule has 3 nitrogen and oxygen atoms in total. The molecule has 0 bridgehead atoms. The predicted octanol–water partition coefficient (Wildman–Crippen LogP) is 1.64. The summed E-state index contributed by atoms with van der Waals surface area (Å²) in [4.78, 5) is 13.3. The van der Waals surface area contributed by atoms with Gasteiger partial charge in [0.15, 0.2) is 0 Å². The van der Waals surface area contributed by atoms with E-state index >= 15 is 0 Å². The molecule has 0 atom stereocenters. The second-order valence-electron chi connectivity index (χ2n) is 2.37. The van der Waals surface area contributed by atoms with Gasteiger partial charge in [0.25, 0.3) is 5.88 Å². The molecule has 0 N–H and O–H groups in total. The fourth-order valence-corrected chi connectivity index (χ4v) is 0.932. The molecule has 0 aliphatic rings. The quantitative estimate of drug-likeness (QED) is 0.478. The Kier molecular flexibility index (Phi) is 2.44. The molecule has 0 saturated heterocycles. The molecule has 1 aromatic rings. The zero-order valence-electron chi connectivity index (χ0n) is 6.92. The molecule has 60 valence electrons. The summed E-state index contributed by atoms with van der Waals surface area (Å²) >= 11 is 0. The summed E-state index contributed by atoms with van der Waals surface area (Å²) in [5.74, 6) is 0.505. The van der Waals surface area contributed by atoms with Gasteiger partial charge in [-0.3, -0.25) is 0 Å². The van der Waals surface area contributed by atoms with E-state index in [2.05, 4.69) is 9.87 Å². The van der Waals surface area contributed by atoms with E-state index in [0.717, 1.165) is 11.3 Å². The second-order valence-corrected chi connectivity index (χ2v) is 2.37. The highest BCUT2D eigenvalue weighted by atomic mass is 17.2. The number of rotatable bonds is 2. The minimum absolute atomic E-state index is 0.505. The van der Waals surface area contributed by atoms with Crippen LogP contribution in [0.15, 0.2) is 12.1 Å². The van der Waals surface area contributed by atoms with Gasteiger partial charge in [-0.05, 0) is 25.5 Å². The summed E-state index contributed by atoms with van der Waals surface area (Å²) in [5, 5.41) is 0. The van der Waals surface area contributed by atoms with E-state index in [1.807, 2.05) is 26.0 Å². The molecular weight excluding hydrogens is 142 g/mol. The molecule has 1 aromatic heterocycles. The smallest absolute Gasteiger partial charge is 0.256 e. The third-order valence-electron chi connectivity index (χ3n) is 1.24. The molecule has 1 heterocycles. The number of hydrogen-bond donors (Lipinski definition) is 0. The van der Waals surface area contributed by atoms with E-state index in [-0.39, 0.29) is 0 Å². The van der Waals surface area contributed by atoms with Gasteiger partial charge in [-0.1, -0.05) is 0 Å². The van der Waals surface area contributed by atoms with Crippen LogP contribution in [0.4, 0.5) is 0 Å². The highest BCUT2D eigenvalue weighted by Crippen LogP contribution is 2.10. The Bertz CT molecular complexity index is 228. The molecule has 0 amide bonds. The summed E-state index contributed by atoms with van der Waals surface area (Å²) in [7, 11) is 1.46. The van der Waals surface area contributed by atoms with Gasteiger partial charge in [-0.15, -0.1) is 0 Å². The lowest BCUT2D eigenvalue weighted by Gasteiger charge is -2.01. The molecule has 0 aromatic carbocycles.